The van der Waals surface area contributed by atoms with Crippen LogP contribution >= 0.6 is 0 Å². The van der Waals surface area contributed by atoms with E-state index >= 15 is 0 Å². The molecule has 3 nitrogen and oxygen atoms in total. The molecule has 0 radical (unpaired) electrons. The number of hydrogen-bond donors (Lipinski definition) is 0. The quantitative estimate of drug-likeness (QED) is 0.361. The Morgan fingerprint density at radius 3 is 2.83 bits per heavy atom. The van der Waals surface area contributed by atoms with Gasteiger partial charge in [0.2, 0.25) is 0 Å². The van der Waals surface area contributed by atoms with Crippen molar-refractivity contribution in [2.75, 3.05) is 13.7 Å². The second-order valence-corrected chi connectivity index (χ2v) is 3.11. The summed E-state index contributed by atoms with van der Waals surface area (Å²) in [6.07, 6.45) is 1.20. The van der Waals surface area contributed by atoms with Crippen molar-refractivity contribution in [1.82, 2.24) is 0 Å². The van der Waals surface area contributed by atoms with E-state index in [0.29, 0.717) is 11.7 Å². The average molecular weight is 170 g/mol. The van der Waals surface area contributed by atoms with E-state index in [2.05, 4.69) is 11.3 Å². The fourth-order valence-electron chi connectivity index (χ4n) is 1.07. The molecule has 0 aromatic carbocycles. The fraction of sp³-hybridized carbons (Fsp3) is 0.667. The first-order valence-corrected chi connectivity index (χ1v) is 4.04. The Bertz CT molecular complexity index is 194. The van der Waals surface area contributed by atoms with Crippen LogP contribution in [0, 0.1) is 5.92 Å². The van der Waals surface area contributed by atoms with Crippen LogP contribution in [0.4, 0.5) is 0 Å². The van der Waals surface area contributed by atoms with Crippen molar-refractivity contribution >= 4 is 5.97 Å². The number of carbonyl (C=O) groups excluding carboxylic acids is 1. The van der Waals surface area contributed by atoms with Crippen molar-refractivity contribution in [2.24, 2.45) is 5.92 Å². The summed E-state index contributed by atoms with van der Waals surface area (Å²) in [5.74, 6) is -0.159. The molecule has 2 atom stereocenters. The highest BCUT2D eigenvalue weighted by molar-refractivity contribution is 5.88. The molecule has 0 amide bonds. The van der Waals surface area contributed by atoms with E-state index in [1.54, 1.807) is 0 Å². The van der Waals surface area contributed by atoms with Crippen molar-refractivity contribution in [2.45, 2.75) is 19.4 Å². The third kappa shape index (κ3) is 2.34. The average Bonchev–Trinajstić information content (AvgIpc) is 2.85. The minimum Gasteiger partial charge on any atom is -0.466 e. The van der Waals surface area contributed by atoms with Gasteiger partial charge in [0, 0.05) is 5.57 Å². The smallest absolute Gasteiger partial charge is 0.333 e. The van der Waals surface area contributed by atoms with Gasteiger partial charge in [-0.3, -0.25) is 0 Å². The highest BCUT2D eigenvalue weighted by atomic mass is 16.6. The Morgan fingerprint density at radius 2 is 2.42 bits per heavy atom. The van der Waals surface area contributed by atoms with Crippen molar-refractivity contribution < 1.29 is 14.3 Å². The van der Waals surface area contributed by atoms with Crippen LogP contribution in [0.2, 0.25) is 0 Å². The van der Waals surface area contributed by atoms with E-state index < -0.39 is 0 Å². The lowest BCUT2D eigenvalue weighted by Gasteiger charge is -2.10. The zero-order valence-corrected chi connectivity index (χ0v) is 7.50. The van der Waals surface area contributed by atoms with Crippen LogP contribution in [0.1, 0.15) is 13.3 Å². The molecule has 0 saturated carbocycles. The molecule has 0 aliphatic carbocycles. The molecule has 0 aromatic heterocycles. The normalized spacial score (nSPS) is 23.0. The van der Waals surface area contributed by atoms with E-state index in [4.69, 9.17) is 4.74 Å². The van der Waals surface area contributed by atoms with E-state index in [0.717, 1.165) is 13.0 Å². The SMILES string of the molecule is C=C(C(=O)OC)C(C)CC1CO1. The predicted octanol–water partition coefficient (Wildman–Crippen LogP) is 1.14. The molecule has 1 aliphatic heterocycles. The van der Waals surface area contributed by atoms with E-state index in [-0.39, 0.29) is 11.9 Å². The summed E-state index contributed by atoms with van der Waals surface area (Å²) in [6, 6.07) is 0. The molecule has 1 heterocycles. The number of hydrogen-bond acceptors (Lipinski definition) is 3. The van der Waals surface area contributed by atoms with Gasteiger partial charge in [0.25, 0.3) is 0 Å². The molecule has 1 aliphatic rings. The van der Waals surface area contributed by atoms with Gasteiger partial charge in [0.05, 0.1) is 19.8 Å². The number of esters is 1. The van der Waals surface area contributed by atoms with Crippen molar-refractivity contribution in [3.63, 3.8) is 0 Å². The molecule has 0 bridgehead atoms. The summed E-state index contributed by atoms with van der Waals surface area (Å²) in [5.41, 5.74) is 0.535. The van der Waals surface area contributed by atoms with Crippen molar-refractivity contribution in [3.8, 4) is 0 Å². The summed E-state index contributed by atoms with van der Waals surface area (Å²) in [6.45, 7) is 6.45. The Hall–Kier alpha value is -0.830. The van der Waals surface area contributed by atoms with Crippen molar-refractivity contribution in [3.05, 3.63) is 12.2 Å². The lowest BCUT2D eigenvalue weighted by molar-refractivity contribution is -0.136. The molecule has 0 aromatic rings. The van der Waals surface area contributed by atoms with Gasteiger partial charge < -0.3 is 9.47 Å². The first kappa shape index (κ1) is 9.26. The monoisotopic (exact) mass is 170 g/mol. The number of rotatable bonds is 4. The van der Waals surface area contributed by atoms with Crippen molar-refractivity contribution in [1.29, 1.82) is 0 Å². The van der Waals surface area contributed by atoms with Crippen LogP contribution < -0.4 is 0 Å². The standard InChI is InChI=1S/C9H14O3/c1-6(4-8-5-12-8)7(2)9(10)11-3/h6,8H,2,4-5H2,1,3H3. The van der Waals surface area contributed by atoms with Gasteiger partial charge in [0.15, 0.2) is 0 Å². The molecule has 0 spiro atoms. The molecule has 12 heavy (non-hydrogen) atoms. The third-order valence-corrected chi connectivity index (χ3v) is 2.06. The zero-order chi connectivity index (χ0) is 9.14. The summed E-state index contributed by atoms with van der Waals surface area (Å²) in [7, 11) is 1.37. The van der Waals surface area contributed by atoms with Crippen LogP contribution in [0.25, 0.3) is 0 Å². The lowest BCUT2D eigenvalue weighted by atomic mass is 9.98. The van der Waals surface area contributed by atoms with Gasteiger partial charge in [0.1, 0.15) is 0 Å². The molecular weight excluding hydrogens is 156 g/mol. The Kier molecular flexibility index (Phi) is 2.87. The number of ether oxygens (including phenoxy) is 2. The van der Waals surface area contributed by atoms with E-state index in [1.807, 2.05) is 6.92 Å². The van der Waals surface area contributed by atoms with Crippen LogP contribution in [-0.4, -0.2) is 25.8 Å². The van der Waals surface area contributed by atoms with Gasteiger partial charge in [-0.1, -0.05) is 13.5 Å². The first-order chi connectivity index (χ1) is 5.65. The maximum Gasteiger partial charge on any atom is 0.333 e. The summed E-state index contributed by atoms with van der Waals surface area (Å²) in [4.78, 5) is 11.0. The van der Waals surface area contributed by atoms with Crippen LogP contribution in [-0.2, 0) is 14.3 Å². The molecule has 1 saturated heterocycles. The molecule has 0 N–H and O–H groups in total. The Balaban J connectivity index is 2.33. The molecular formula is C9H14O3. The third-order valence-electron chi connectivity index (χ3n) is 2.06. The van der Waals surface area contributed by atoms with E-state index in [1.165, 1.54) is 7.11 Å². The fourth-order valence-corrected chi connectivity index (χ4v) is 1.07. The molecule has 68 valence electrons. The maximum atomic E-state index is 11.0. The minimum absolute atomic E-state index is 0.157. The zero-order valence-electron chi connectivity index (χ0n) is 7.50. The number of methoxy groups -OCH3 is 1. The Morgan fingerprint density at radius 1 is 1.83 bits per heavy atom. The predicted molar refractivity (Wildman–Crippen MR) is 44.7 cm³/mol. The topological polar surface area (TPSA) is 38.8 Å². The highest BCUT2D eigenvalue weighted by Crippen LogP contribution is 2.23. The van der Waals surface area contributed by atoms with Gasteiger partial charge in [-0.15, -0.1) is 0 Å². The summed E-state index contributed by atoms with van der Waals surface area (Å²) < 4.78 is 9.61. The largest absolute Gasteiger partial charge is 0.466 e. The molecule has 3 heteroatoms. The van der Waals surface area contributed by atoms with Crippen LogP contribution in [0.5, 0.6) is 0 Å². The second-order valence-electron chi connectivity index (χ2n) is 3.11. The maximum absolute atomic E-state index is 11.0. The molecule has 1 fully saturated rings. The van der Waals surface area contributed by atoms with Crippen LogP contribution in [0.3, 0.4) is 0 Å². The first-order valence-electron chi connectivity index (χ1n) is 4.04. The van der Waals surface area contributed by atoms with Gasteiger partial charge in [-0.2, -0.15) is 0 Å². The minimum atomic E-state index is -0.317. The second kappa shape index (κ2) is 3.72. The summed E-state index contributed by atoms with van der Waals surface area (Å²) in [5, 5.41) is 0. The van der Waals surface area contributed by atoms with Gasteiger partial charge >= 0.3 is 5.97 Å². The lowest BCUT2D eigenvalue weighted by Crippen LogP contribution is -2.12. The number of carbonyl (C=O) groups is 1. The molecule has 2 unspecified atom stereocenters. The highest BCUT2D eigenvalue weighted by Gasteiger charge is 2.27. The summed E-state index contributed by atoms with van der Waals surface area (Å²) >= 11 is 0. The van der Waals surface area contributed by atoms with Gasteiger partial charge in [-0.05, 0) is 12.3 Å². The van der Waals surface area contributed by atoms with Gasteiger partial charge in [-0.25, -0.2) is 4.79 Å². The van der Waals surface area contributed by atoms with E-state index in [9.17, 15) is 4.79 Å². The van der Waals surface area contributed by atoms with Crippen LogP contribution in [0.15, 0.2) is 12.2 Å². The Labute approximate surface area is 72.4 Å². The number of epoxide rings is 1. The molecule has 1 rings (SSSR count).